The summed E-state index contributed by atoms with van der Waals surface area (Å²) in [7, 11) is 0. The van der Waals surface area contributed by atoms with E-state index in [1.54, 1.807) is 6.20 Å². The van der Waals surface area contributed by atoms with Crippen molar-refractivity contribution in [2.75, 3.05) is 17.2 Å². The van der Waals surface area contributed by atoms with E-state index in [0.29, 0.717) is 52.4 Å². The van der Waals surface area contributed by atoms with Crippen LogP contribution < -0.4 is 21.7 Å². The molecule has 0 spiro atoms. The molecule has 0 amide bonds. The molecule has 0 saturated heterocycles. The first-order valence-electron chi connectivity index (χ1n) is 14.0. The van der Waals surface area contributed by atoms with E-state index < -0.39 is 0 Å². The minimum Gasteiger partial charge on any atom is -0.368 e. The lowest BCUT2D eigenvalue weighted by atomic mass is 9.47. The van der Waals surface area contributed by atoms with Gasteiger partial charge in [-0.1, -0.05) is 29.8 Å². The van der Waals surface area contributed by atoms with E-state index in [0.717, 1.165) is 42.7 Å². The summed E-state index contributed by atoms with van der Waals surface area (Å²) in [4.78, 5) is 9.04. The van der Waals surface area contributed by atoms with Crippen molar-refractivity contribution in [1.29, 1.82) is 5.26 Å². The highest BCUT2D eigenvalue weighted by molar-refractivity contribution is 6.31. The molecule has 5 aliphatic rings. The topological polar surface area (TPSA) is 112 Å². The fourth-order valence-corrected chi connectivity index (χ4v) is 8.21. The molecular weight excluding hydrogens is 482 g/mol. The Morgan fingerprint density at radius 3 is 2.54 bits per heavy atom. The molecule has 7 nitrogen and oxygen atoms in total. The average Bonchev–Trinajstić information content (AvgIpc) is 2.90. The molecule has 37 heavy (non-hydrogen) atoms. The monoisotopic (exact) mass is 519 g/mol. The van der Waals surface area contributed by atoms with E-state index in [9.17, 15) is 5.26 Å². The van der Waals surface area contributed by atoms with Crippen LogP contribution in [0.4, 0.5) is 11.8 Å². The van der Waals surface area contributed by atoms with Crippen LogP contribution in [0.5, 0.6) is 0 Å². The van der Waals surface area contributed by atoms with Crippen molar-refractivity contribution in [3.63, 3.8) is 0 Å². The Morgan fingerprint density at radius 1 is 1.05 bits per heavy atom. The van der Waals surface area contributed by atoms with Crippen molar-refractivity contribution >= 4 is 23.4 Å². The molecule has 5 atom stereocenters. The molecule has 7 rings (SSSR count). The number of nitriles is 1. The van der Waals surface area contributed by atoms with Gasteiger partial charge in [-0.05, 0) is 92.6 Å². The fraction of sp³-hybridized carbons (Fsp3) is 0.621. The highest BCUT2D eigenvalue weighted by Crippen LogP contribution is 2.60. The number of nitrogens with one attached hydrogen (secondary N) is 3. The fourth-order valence-electron chi connectivity index (χ4n) is 8.01. The summed E-state index contributed by atoms with van der Waals surface area (Å²) in [6.45, 7) is 1.40. The minimum atomic E-state index is 0.298. The smallest absolute Gasteiger partial charge is 0.224 e. The van der Waals surface area contributed by atoms with Gasteiger partial charge in [0.25, 0.3) is 0 Å². The average molecular weight is 520 g/mol. The third-order valence-corrected chi connectivity index (χ3v) is 9.90. The van der Waals surface area contributed by atoms with Crippen LogP contribution in [0.25, 0.3) is 0 Å². The second-order valence-electron chi connectivity index (χ2n) is 12.1. The largest absolute Gasteiger partial charge is 0.368 e. The summed E-state index contributed by atoms with van der Waals surface area (Å²) in [6.07, 6.45) is 12.9. The second-order valence-corrected chi connectivity index (χ2v) is 12.5. The van der Waals surface area contributed by atoms with Gasteiger partial charge in [-0.25, -0.2) is 4.98 Å². The van der Waals surface area contributed by atoms with Crippen LogP contribution in [0.15, 0.2) is 30.5 Å². The Balaban J connectivity index is 1.11. The van der Waals surface area contributed by atoms with Gasteiger partial charge in [-0.3, -0.25) is 0 Å². The van der Waals surface area contributed by atoms with Crippen LogP contribution in [0.1, 0.15) is 68.9 Å². The summed E-state index contributed by atoms with van der Waals surface area (Å²) >= 11 is 6.29. The van der Waals surface area contributed by atoms with E-state index in [4.69, 9.17) is 17.3 Å². The molecule has 5 aliphatic carbocycles. The first-order valence-corrected chi connectivity index (χ1v) is 14.4. The summed E-state index contributed by atoms with van der Waals surface area (Å²) in [5.41, 5.74) is 7.92. The highest BCUT2D eigenvalue weighted by atomic mass is 35.5. The van der Waals surface area contributed by atoms with E-state index in [1.807, 2.05) is 24.3 Å². The third kappa shape index (κ3) is 5.30. The molecule has 4 bridgehead atoms. The summed E-state index contributed by atoms with van der Waals surface area (Å²) in [6, 6.07) is 11.7. The number of aromatic nitrogens is 2. The Labute approximate surface area is 225 Å². The lowest BCUT2D eigenvalue weighted by molar-refractivity contribution is -0.0729. The maximum Gasteiger partial charge on any atom is 0.224 e. The molecule has 196 valence electrons. The quantitative estimate of drug-likeness (QED) is 0.384. The van der Waals surface area contributed by atoms with Crippen LogP contribution in [-0.4, -0.2) is 34.6 Å². The lowest BCUT2D eigenvalue weighted by Gasteiger charge is -2.61. The molecule has 5 saturated carbocycles. The number of anilines is 2. The predicted octanol–water partition coefficient (Wildman–Crippen LogP) is 5.08. The molecule has 1 heterocycles. The van der Waals surface area contributed by atoms with Crippen LogP contribution in [0, 0.1) is 34.5 Å². The second kappa shape index (κ2) is 10.4. The Hall–Kier alpha value is -2.40. The van der Waals surface area contributed by atoms with Crippen molar-refractivity contribution in [2.24, 2.45) is 28.9 Å². The number of benzene rings is 1. The number of nitrogens with zero attached hydrogens (tertiary/aromatic N) is 3. The van der Waals surface area contributed by atoms with Gasteiger partial charge in [0.05, 0.1) is 6.20 Å². The van der Waals surface area contributed by atoms with E-state index >= 15 is 0 Å². The van der Waals surface area contributed by atoms with Crippen molar-refractivity contribution in [1.82, 2.24) is 15.3 Å². The van der Waals surface area contributed by atoms with Crippen molar-refractivity contribution < 1.29 is 0 Å². The number of rotatable bonds is 8. The first kappa shape index (κ1) is 24.9. The van der Waals surface area contributed by atoms with Crippen LogP contribution in [0.2, 0.25) is 5.02 Å². The number of halogens is 1. The van der Waals surface area contributed by atoms with Gasteiger partial charge in [0, 0.05) is 36.2 Å². The van der Waals surface area contributed by atoms with Gasteiger partial charge in [0.1, 0.15) is 17.5 Å². The number of hydrogen-bond acceptors (Lipinski definition) is 7. The molecule has 2 unspecified atom stereocenters. The van der Waals surface area contributed by atoms with Crippen molar-refractivity contribution in [3.8, 4) is 6.07 Å². The zero-order valence-electron chi connectivity index (χ0n) is 21.4. The SMILES string of the molecule is N#Cc1cnc(NCc2ccccc2Cl)nc1NC[C@]12CC3C[C@H](C1)C(N[C@H]1CC[C@H](N)CC1)[C@@H](C3)C2. The normalized spacial score (nSPS) is 34.2. The zero-order valence-corrected chi connectivity index (χ0v) is 22.2. The molecule has 5 fully saturated rings. The Bertz CT molecular complexity index is 1140. The molecule has 1 aromatic carbocycles. The standard InChI is InChI=1S/C29H38ClN7/c30-25-4-2-1-3-19(25)15-33-28-34-16-22(14-31)27(37-28)35-17-29-11-18-9-20(12-29)26(21(10-18)13-29)36-24-7-5-23(32)6-8-24/h1-4,16,18,20-21,23-24,26,36H,5-13,15,17,32H2,(H2,33,34,35,37)/t18?,20-,21+,23-,24-,26?,29-. The zero-order chi connectivity index (χ0) is 25.4. The van der Waals surface area contributed by atoms with Crippen LogP contribution in [0.3, 0.4) is 0 Å². The molecule has 1 aromatic heterocycles. The summed E-state index contributed by atoms with van der Waals surface area (Å²) in [5, 5.41) is 21.4. The third-order valence-electron chi connectivity index (χ3n) is 9.53. The van der Waals surface area contributed by atoms with E-state index in [-0.39, 0.29) is 0 Å². The number of hydrogen-bond donors (Lipinski definition) is 4. The lowest BCUT2D eigenvalue weighted by Crippen LogP contribution is -2.61. The number of nitrogens with two attached hydrogens (primary N) is 1. The van der Waals surface area contributed by atoms with Crippen molar-refractivity contribution in [3.05, 3.63) is 46.6 Å². The summed E-state index contributed by atoms with van der Waals surface area (Å²) < 4.78 is 0. The van der Waals surface area contributed by atoms with Gasteiger partial charge in [0.15, 0.2) is 0 Å². The van der Waals surface area contributed by atoms with Gasteiger partial charge in [0.2, 0.25) is 5.95 Å². The van der Waals surface area contributed by atoms with E-state index in [2.05, 4.69) is 32.0 Å². The molecule has 0 radical (unpaired) electrons. The molecule has 5 N–H and O–H groups in total. The molecule has 0 aliphatic heterocycles. The van der Waals surface area contributed by atoms with Crippen LogP contribution in [-0.2, 0) is 6.54 Å². The highest BCUT2D eigenvalue weighted by Gasteiger charge is 2.55. The molecule has 8 heteroatoms. The van der Waals surface area contributed by atoms with Crippen molar-refractivity contribution in [2.45, 2.75) is 82.5 Å². The summed E-state index contributed by atoms with van der Waals surface area (Å²) in [5.74, 6) is 3.49. The first-order chi connectivity index (χ1) is 18.0. The molecule has 2 aromatic rings. The van der Waals surface area contributed by atoms with Gasteiger partial charge in [-0.2, -0.15) is 10.2 Å². The molecular formula is C29H38ClN7. The predicted molar refractivity (Wildman–Crippen MR) is 147 cm³/mol. The van der Waals surface area contributed by atoms with Crippen LogP contribution >= 0.6 is 11.6 Å². The van der Waals surface area contributed by atoms with Gasteiger partial charge in [-0.15, -0.1) is 0 Å². The Kier molecular flexibility index (Phi) is 7.00. The maximum atomic E-state index is 9.70. The van der Waals surface area contributed by atoms with E-state index in [1.165, 1.54) is 44.9 Å². The maximum absolute atomic E-state index is 9.70. The minimum absolute atomic E-state index is 0.298. The van der Waals surface area contributed by atoms with Gasteiger partial charge < -0.3 is 21.7 Å². The Morgan fingerprint density at radius 2 is 1.81 bits per heavy atom. The van der Waals surface area contributed by atoms with Gasteiger partial charge >= 0.3 is 0 Å².